The van der Waals surface area contributed by atoms with Crippen LogP contribution in [-0.4, -0.2) is 11.1 Å². The summed E-state index contributed by atoms with van der Waals surface area (Å²) in [5.74, 6) is 0.0446. The Bertz CT molecular complexity index is 348. The summed E-state index contributed by atoms with van der Waals surface area (Å²) in [6.07, 6.45) is 3.21. The molecular formula is C10H12N2O2. The van der Waals surface area contributed by atoms with Crippen molar-refractivity contribution in [1.29, 1.82) is 0 Å². The Morgan fingerprint density at radius 2 is 2.14 bits per heavy atom. The van der Waals surface area contributed by atoms with Crippen molar-refractivity contribution in [2.75, 3.05) is 5.32 Å². The molecule has 4 heteroatoms. The number of rotatable bonds is 2. The maximum Gasteiger partial charge on any atom is 0.323 e. The number of aromatic hydroxyl groups is 1. The third kappa shape index (κ3) is 2.82. The van der Waals surface area contributed by atoms with Gasteiger partial charge in [-0.15, -0.1) is 0 Å². The number of carbonyl (C=O) groups is 1. The zero-order valence-corrected chi connectivity index (χ0v) is 7.82. The van der Waals surface area contributed by atoms with Crippen LogP contribution in [0.4, 0.5) is 10.5 Å². The molecule has 0 radical (unpaired) electrons. The number of carbonyl (C=O) groups excluding carboxylic acids is 1. The second-order valence-electron chi connectivity index (χ2n) is 2.62. The molecule has 74 valence electrons. The van der Waals surface area contributed by atoms with E-state index in [4.69, 9.17) is 0 Å². The highest BCUT2D eigenvalue weighted by Crippen LogP contribution is 2.20. The van der Waals surface area contributed by atoms with E-state index in [1.165, 1.54) is 12.3 Å². The zero-order chi connectivity index (χ0) is 10.4. The van der Waals surface area contributed by atoms with E-state index in [0.29, 0.717) is 5.69 Å². The fourth-order valence-corrected chi connectivity index (χ4v) is 0.897. The van der Waals surface area contributed by atoms with E-state index in [0.717, 1.165) is 0 Å². The van der Waals surface area contributed by atoms with Crippen molar-refractivity contribution in [3.8, 4) is 5.75 Å². The van der Waals surface area contributed by atoms with Gasteiger partial charge >= 0.3 is 6.03 Å². The Kier molecular flexibility index (Phi) is 3.55. The van der Waals surface area contributed by atoms with Gasteiger partial charge in [0.25, 0.3) is 0 Å². The minimum atomic E-state index is -0.385. The SMILES string of the molecule is C/C=C/NC(=O)Nc1ccccc1O. The maximum atomic E-state index is 11.1. The minimum absolute atomic E-state index is 0.0446. The Balaban J connectivity index is 2.60. The summed E-state index contributed by atoms with van der Waals surface area (Å²) in [6, 6.07) is 6.15. The first-order valence-electron chi connectivity index (χ1n) is 4.20. The van der Waals surface area contributed by atoms with E-state index in [-0.39, 0.29) is 11.8 Å². The molecule has 0 spiro atoms. The molecule has 0 fully saturated rings. The number of urea groups is 1. The lowest BCUT2D eigenvalue weighted by Gasteiger charge is -2.05. The van der Waals surface area contributed by atoms with Crippen molar-refractivity contribution in [2.24, 2.45) is 0 Å². The van der Waals surface area contributed by atoms with Crippen LogP contribution < -0.4 is 10.6 Å². The molecule has 0 aliphatic rings. The van der Waals surface area contributed by atoms with Gasteiger partial charge in [0.2, 0.25) is 0 Å². The van der Waals surface area contributed by atoms with Gasteiger partial charge < -0.3 is 15.7 Å². The third-order valence-corrected chi connectivity index (χ3v) is 1.53. The molecule has 1 aromatic rings. The molecule has 0 aliphatic carbocycles. The van der Waals surface area contributed by atoms with E-state index in [2.05, 4.69) is 10.6 Å². The molecule has 0 saturated carbocycles. The van der Waals surface area contributed by atoms with Gasteiger partial charge in [-0.2, -0.15) is 0 Å². The molecule has 0 atom stereocenters. The first kappa shape index (κ1) is 10.1. The van der Waals surface area contributed by atoms with Crippen molar-refractivity contribution in [3.63, 3.8) is 0 Å². The van der Waals surface area contributed by atoms with E-state index >= 15 is 0 Å². The largest absolute Gasteiger partial charge is 0.506 e. The van der Waals surface area contributed by atoms with Gasteiger partial charge in [-0.05, 0) is 19.1 Å². The van der Waals surface area contributed by atoms with Crippen molar-refractivity contribution in [2.45, 2.75) is 6.92 Å². The van der Waals surface area contributed by atoms with Crippen molar-refractivity contribution >= 4 is 11.7 Å². The third-order valence-electron chi connectivity index (χ3n) is 1.53. The second kappa shape index (κ2) is 4.91. The molecule has 0 aliphatic heterocycles. The van der Waals surface area contributed by atoms with Gasteiger partial charge in [0.05, 0.1) is 5.69 Å². The van der Waals surface area contributed by atoms with Gasteiger partial charge in [0.1, 0.15) is 5.75 Å². The molecule has 0 saturated heterocycles. The van der Waals surface area contributed by atoms with Crippen LogP contribution in [0.5, 0.6) is 5.75 Å². The number of amides is 2. The summed E-state index contributed by atoms with van der Waals surface area (Å²) in [4.78, 5) is 11.1. The Labute approximate surface area is 82.3 Å². The maximum absolute atomic E-state index is 11.1. The lowest BCUT2D eigenvalue weighted by molar-refractivity contribution is 0.255. The number of allylic oxidation sites excluding steroid dienone is 1. The number of benzene rings is 1. The lowest BCUT2D eigenvalue weighted by Crippen LogP contribution is -2.23. The molecule has 14 heavy (non-hydrogen) atoms. The molecule has 0 aromatic heterocycles. The molecule has 4 nitrogen and oxygen atoms in total. The summed E-state index contributed by atoms with van der Waals surface area (Å²) in [5, 5.41) is 14.3. The second-order valence-corrected chi connectivity index (χ2v) is 2.62. The van der Waals surface area contributed by atoms with Gasteiger partial charge in [0, 0.05) is 6.20 Å². The quantitative estimate of drug-likeness (QED) is 0.628. The smallest absolute Gasteiger partial charge is 0.323 e. The van der Waals surface area contributed by atoms with Gasteiger partial charge in [-0.1, -0.05) is 18.2 Å². The van der Waals surface area contributed by atoms with Gasteiger partial charge in [0.15, 0.2) is 0 Å². The zero-order valence-electron chi connectivity index (χ0n) is 7.82. The average Bonchev–Trinajstić information content (AvgIpc) is 2.18. The van der Waals surface area contributed by atoms with Crippen LogP contribution in [0.25, 0.3) is 0 Å². The van der Waals surface area contributed by atoms with Crippen LogP contribution in [0.1, 0.15) is 6.92 Å². The molecule has 1 aromatic carbocycles. The number of nitrogens with one attached hydrogen (secondary N) is 2. The highest BCUT2D eigenvalue weighted by atomic mass is 16.3. The van der Waals surface area contributed by atoms with Crippen LogP contribution in [0.15, 0.2) is 36.5 Å². The van der Waals surface area contributed by atoms with E-state index in [1.807, 2.05) is 0 Å². The Morgan fingerprint density at radius 3 is 2.79 bits per heavy atom. The normalized spacial score (nSPS) is 10.1. The topological polar surface area (TPSA) is 61.4 Å². The van der Waals surface area contributed by atoms with Crippen molar-refractivity contribution < 1.29 is 9.90 Å². The molecule has 2 amide bonds. The van der Waals surface area contributed by atoms with Crippen LogP contribution in [-0.2, 0) is 0 Å². The molecule has 3 N–H and O–H groups in total. The van der Waals surface area contributed by atoms with Crippen molar-refractivity contribution in [1.82, 2.24) is 5.32 Å². The highest BCUT2D eigenvalue weighted by Gasteiger charge is 2.02. The van der Waals surface area contributed by atoms with E-state index in [1.54, 1.807) is 31.2 Å². The molecule has 1 rings (SSSR count). The molecule has 0 bridgehead atoms. The predicted molar refractivity (Wildman–Crippen MR) is 55.1 cm³/mol. The first-order valence-corrected chi connectivity index (χ1v) is 4.20. The number of phenolic OH excluding ortho intramolecular Hbond substituents is 1. The molecular weight excluding hydrogens is 180 g/mol. The standard InChI is InChI=1S/C10H12N2O2/c1-2-7-11-10(14)12-8-5-3-4-6-9(8)13/h2-7,13H,1H3,(H2,11,12,14)/b7-2+. The number of anilines is 1. The number of hydrogen-bond donors (Lipinski definition) is 3. The van der Waals surface area contributed by atoms with Crippen molar-refractivity contribution in [3.05, 3.63) is 36.5 Å². The predicted octanol–water partition coefficient (Wildman–Crippen LogP) is 2.05. The number of hydrogen-bond acceptors (Lipinski definition) is 2. The van der Waals surface area contributed by atoms with Gasteiger partial charge in [-0.3, -0.25) is 0 Å². The fourth-order valence-electron chi connectivity index (χ4n) is 0.897. The number of para-hydroxylation sites is 2. The average molecular weight is 192 g/mol. The van der Waals surface area contributed by atoms with E-state index < -0.39 is 0 Å². The van der Waals surface area contributed by atoms with E-state index in [9.17, 15) is 9.90 Å². The van der Waals surface area contributed by atoms with Crippen LogP contribution in [0, 0.1) is 0 Å². The summed E-state index contributed by atoms with van der Waals surface area (Å²) >= 11 is 0. The lowest BCUT2D eigenvalue weighted by atomic mass is 10.3. The monoisotopic (exact) mass is 192 g/mol. The fraction of sp³-hybridized carbons (Fsp3) is 0.100. The number of phenols is 1. The Hall–Kier alpha value is -1.97. The minimum Gasteiger partial charge on any atom is -0.506 e. The van der Waals surface area contributed by atoms with Crippen LogP contribution in [0.2, 0.25) is 0 Å². The van der Waals surface area contributed by atoms with Crippen LogP contribution >= 0.6 is 0 Å². The Morgan fingerprint density at radius 1 is 1.43 bits per heavy atom. The van der Waals surface area contributed by atoms with Crippen LogP contribution in [0.3, 0.4) is 0 Å². The first-order chi connectivity index (χ1) is 6.74. The summed E-state index contributed by atoms with van der Waals surface area (Å²) < 4.78 is 0. The highest BCUT2D eigenvalue weighted by molar-refractivity contribution is 5.91. The summed E-state index contributed by atoms with van der Waals surface area (Å²) in [6.45, 7) is 1.79. The molecule has 0 heterocycles. The summed E-state index contributed by atoms with van der Waals surface area (Å²) in [5.41, 5.74) is 0.384. The van der Waals surface area contributed by atoms with Gasteiger partial charge in [-0.25, -0.2) is 4.79 Å². The molecule has 0 unspecified atom stereocenters. The summed E-state index contributed by atoms with van der Waals surface area (Å²) in [7, 11) is 0.